The molecule has 0 aromatic heterocycles. The zero-order chi connectivity index (χ0) is 33.5. The zero-order valence-corrected chi connectivity index (χ0v) is 35.9. The van der Waals surface area contributed by atoms with Gasteiger partial charge in [0.1, 0.15) is 0 Å². The van der Waals surface area contributed by atoms with Crippen molar-refractivity contribution in [2.45, 2.75) is 49.1 Å². The molecule has 1 saturated heterocycles. The number of rotatable bonds is 9. The van der Waals surface area contributed by atoms with Gasteiger partial charge in [0, 0.05) is 41.3 Å². The Bertz CT molecular complexity index is 1790. The van der Waals surface area contributed by atoms with Crippen LogP contribution in [0.5, 0.6) is 5.75 Å². The third kappa shape index (κ3) is 8.68. The number of thioether (sulfide) groups is 1. The predicted octanol–water partition coefficient (Wildman–Crippen LogP) is 10.8. The van der Waals surface area contributed by atoms with Crippen LogP contribution in [-0.2, 0) is 30.5 Å². The monoisotopic (exact) mass is 926 g/mol. The number of nitrogens with zero attached hydrogens (tertiary/aromatic N) is 2. The van der Waals surface area contributed by atoms with E-state index in [1.807, 2.05) is 30.6 Å². The van der Waals surface area contributed by atoms with E-state index < -0.39 is 5.44 Å². The van der Waals surface area contributed by atoms with Gasteiger partial charge in [-0.3, -0.25) is 0 Å². The summed E-state index contributed by atoms with van der Waals surface area (Å²) in [5.74, 6) is 0.797. The first-order chi connectivity index (χ1) is 22.9. The summed E-state index contributed by atoms with van der Waals surface area (Å²) in [7, 11) is 0. The molecule has 3 nitrogen and oxygen atoms in total. The number of hydrogen-bond acceptors (Lipinski definition) is 5. The molecule has 1 heterocycles. The molecule has 1 aliphatic rings. The molecular weight excluding hydrogens is 889 g/mol. The average molecular weight is 927 g/mol. The smallest absolute Gasteiger partial charge is 0 e. The first kappa shape index (κ1) is 39.3. The van der Waals surface area contributed by atoms with Gasteiger partial charge in [-0.1, -0.05) is 13.8 Å². The van der Waals surface area contributed by atoms with E-state index in [-0.39, 0.29) is 47.5 Å². The zero-order valence-electron chi connectivity index (χ0n) is 27.3. The summed E-state index contributed by atoms with van der Waals surface area (Å²) in [6, 6.07) is 37.3. The Morgan fingerprint density at radius 3 is 1.88 bits per heavy atom. The van der Waals surface area contributed by atoms with Crippen molar-refractivity contribution in [3.63, 3.8) is 0 Å². The van der Waals surface area contributed by atoms with E-state index in [2.05, 4.69) is 132 Å². The Labute approximate surface area is 348 Å². The fourth-order valence-electron chi connectivity index (χ4n) is 5.85. The van der Waals surface area contributed by atoms with Crippen LogP contribution in [0.2, 0.25) is 10.0 Å². The van der Waals surface area contributed by atoms with E-state index in [1.165, 1.54) is 34.3 Å². The normalized spacial score (nSPS) is 13.3. The first-order valence-corrected chi connectivity index (χ1v) is 18.7. The quantitative estimate of drug-likeness (QED) is 0.0632. The maximum Gasteiger partial charge on any atom is 0 e. The molecule has 246 valence electrons. The van der Waals surface area contributed by atoms with Crippen LogP contribution < -0.4 is 14.5 Å². The number of anilines is 2. The summed E-state index contributed by atoms with van der Waals surface area (Å²) >= 11 is 23.5. The van der Waals surface area contributed by atoms with Crippen LogP contribution in [0.25, 0.3) is 11.1 Å². The van der Waals surface area contributed by atoms with Gasteiger partial charge in [0.05, 0.1) is 0 Å². The molecule has 5 aromatic carbocycles. The molecule has 1 atom stereocenters. The topological polar surface area (TPSA) is 15.7 Å². The minimum absolute atomic E-state index is 0. The molecule has 0 aliphatic carbocycles. The molecule has 5 aromatic rings. The fourth-order valence-corrected chi connectivity index (χ4v) is 8.32. The van der Waals surface area contributed by atoms with Gasteiger partial charge in [0.2, 0.25) is 0 Å². The first-order valence-electron chi connectivity index (χ1n) is 15.6. The molecule has 0 amide bonds. The molecule has 1 fully saturated rings. The van der Waals surface area contributed by atoms with Gasteiger partial charge in [-0.25, -0.2) is 0 Å². The number of para-hydroxylation sites is 3. The standard InChI is InChI=1S/C37H32Cl2N2OS2.C2H6.Pr.Ru/c1-24-12-7-9-18-31(24)40-22-23-41(32-19-10-8-13-25(32)2)36(40)37(44-35-30(39)21-20-29(38)34(35)43)42-33-26(3)14-11-17-28(33)27-15-5-4-6-16-27;1-2;;/h3-21,36-37,43H,22-23H2,1-2H3;1-2H3;;/q;;;+1/p-1/t37-;;;/m1.../s1. The third-order valence-electron chi connectivity index (χ3n) is 8.04. The average Bonchev–Trinajstić information content (AvgIpc) is 3.54. The predicted molar refractivity (Wildman–Crippen MR) is 202 cm³/mol. The van der Waals surface area contributed by atoms with Crippen LogP contribution in [0.3, 0.4) is 0 Å². The van der Waals surface area contributed by atoms with Gasteiger partial charge in [0.15, 0.2) is 0 Å². The molecule has 9 heteroatoms. The SMILES string of the molecule is CC.Cc1ccccc1N1CCN(c2ccccc2C)C1[C@H](Oc1c([CH]=[Ru+])cccc1-c1ccccc1)Sc1c(Cl)ccc(Cl)c1[S-].[Pr]. The largest absolute Gasteiger partial charge is 0 e. The van der Waals surface area contributed by atoms with E-state index in [9.17, 15) is 0 Å². The van der Waals surface area contributed by atoms with Crippen LogP contribution >= 0.6 is 35.0 Å². The Balaban J connectivity index is 0.00000170. The van der Waals surface area contributed by atoms with E-state index in [0.29, 0.717) is 14.9 Å². The van der Waals surface area contributed by atoms with Crippen molar-refractivity contribution in [2.75, 3.05) is 22.9 Å². The second kappa shape index (κ2) is 18.7. The summed E-state index contributed by atoms with van der Waals surface area (Å²) in [4.78, 5) is 6.18. The molecule has 1 aliphatic heterocycles. The van der Waals surface area contributed by atoms with E-state index in [0.717, 1.165) is 40.4 Å². The molecule has 6 rings (SSSR count). The molecule has 1 radical (unpaired) electrons. The summed E-state index contributed by atoms with van der Waals surface area (Å²) in [6.45, 7) is 9.96. The van der Waals surface area contributed by atoms with Crippen LogP contribution in [0.1, 0.15) is 30.5 Å². The summed E-state index contributed by atoms with van der Waals surface area (Å²) in [5, 5.41) is 1.05. The van der Waals surface area contributed by atoms with Crippen molar-refractivity contribution in [1.82, 2.24) is 0 Å². The van der Waals surface area contributed by atoms with Gasteiger partial charge >= 0.3 is 297 Å². The van der Waals surface area contributed by atoms with Gasteiger partial charge in [-0.05, 0) is 0 Å². The Morgan fingerprint density at radius 2 is 1.31 bits per heavy atom. The van der Waals surface area contributed by atoms with Crippen LogP contribution in [-0.4, -0.2) is 29.3 Å². The van der Waals surface area contributed by atoms with Crippen molar-refractivity contribution in [3.8, 4) is 16.9 Å². The molecule has 0 unspecified atom stereocenters. The van der Waals surface area contributed by atoms with E-state index in [1.54, 1.807) is 6.07 Å². The molecule has 0 N–H and O–H groups in total. The maximum atomic E-state index is 7.33. The van der Waals surface area contributed by atoms with Crippen LogP contribution in [0.15, 0.2) is 119 Å². The Hall–Kier alpha value is -1.49. The van der Waals surface area contributed by atoms with Crippen molar-refractivity contribution < 1.29 is 63.9 Å². The van der Waals surface area contributed by atoms with E-state index >= 15 is 0 Å². The summed E-state index contributed by atoms with van der Waals surface area (Å²) < 4.78 is 9.36. The second-order valence-corrected chi connectivity index (χ2v) is 13.7. The minimum atomic E-state index is -0.473. The minimum Gasteiger partial charge on any atom is 0 e. The molecule has 0 saturated carbocycles. The molecular formula is C39H37Cl2N2OPrRuS2. The number of aryl methyl sites for hydroxylation is 2. The number of halogens is 2. The maximum absolute atomic E-state index is 7.33. The molecule has 0 spiro atoms. The molecule has 0 bridgehead atoms. The number of ether oxygens (including phenoxy) is 1. The van der Waals surface area contributed by atoms with Gasteiger partial charge in [0.25, 0.3) is 0 Å². The van der Waals surface area contributed by atoms with Crippen molar-refractivity contribution in [3.05, 3.63) is 136 Å². The van der Waals surface area contributed by atoms with Crippen molar-refractivity contribution in [1.29, 1.82) is 0 Å². The second-order valence-electron chi connectivity index (χ2n) is 10.9. The number of benzene rings is 5. The van der Waals surface area contributed by atoms with Crippen molar-refractivity contribution in [2.24, 2.45) is 0 Å². The van der Waals surface area contributed by atoms with Gasteiger partial charge < -0.3 is 0 Å². The molecule has 48 heavy (non-hydrogen) atoms. The number of hydrogen-bond donors (Lipinski definition) is 0. The Kier molecular flexibility index (Phi) is 15.3. The third-order valence-corrected chi connectivity index (χ3v) is 11.2. The van der Waals surface area contributed by atoms with Crippen LogP contribution in [0.4, 0.5) is 11.4 Å². The van der Waals surface area contributed by atoms with Crippen LogP contribution in [0, 0.1) is 55.1 Å². The fraction of sp³-hybridized carbons (Fsp3) is 0.205. The van der Waals surface area contributed by atoms with Gasteiger partial charge in [-0.2, -0.15) is 0 Å². The summed E-state index contributed by atoms with van der Waals surface area (Å²) in [5.41, 5.74) is 7.33. The Morgan fingerprint density at radius 1 is 0.771 bits per heavy atom. The summed E-state index contributed by atoms with van der Waals surface area (Å²) in [6.07, 6.45) is -0.219. The van der Waals surface area contributed by atoms with Gasteiger partial charge in [-0.15, -0.1) is 0 Å². The van der Waals surface area contributed by atoms with Crippen molar-refractivity contribution >= 4 is 63.6 Å². The van der Waals surface area contributed by atoms with E-state index in [4.69, 9.17) is 40.6 Å².